The van der Waals surface area contributed by atoms with E-state index in [4.69, 9.17) is 10.5 Å². The zero-order valence-corrected chi connectivity index (χ0v) is 13.9. The van der Waals surface area contributed by atoms with Gasteiger partial charge in [-0.05, 0) is 29.8 Å². The number of nitriles is 2. The Morgan fingerprint density at radius 3 is 2.12 bits per heavy atom. The summed E-state index contributed by atoms with van der Waals surface area (Å²) < 4.78 is 6.28. The van der Waals surface area contributed by atoms with Gasteiger partial charge in [0, 0.05) is 5.56 Å². The van der Waals surface area contributed by atoms with E-state index in [2.05, 4.69) is 0 Å². The normalized spacial score (nSPS) is 9.96. The average Bonchev–Trinajstić information content (AvgIpc) is 2.69. The lowest BCUT2D eigenvalue weighted by molar-refractivity contribution is 0.414. The third kappa shape index (κ3) is 2.66. The highest BCUT2D eigenvalue weighted by atomic mass is 16.5. The number of nitrogens with zero attached hydrogens (tertiary/aromatic N) is 3. The summed E-state index contributed by atoms with van der Waals surface area (Å²) in [7, 11) is 1.53. The van der Waals surface area contributed by atoms with Crippen LogP contribution in [-0.4, -0.2) is 11.7 Å². The van der Waals surface area contributed by atoms with Crippen LogP contribution in [0.3, 0.4) is 0 Å². The molecule has 0 saturated heterocycles. The van der Waals surface area contributed by atoms with E-state index >= 15 is 0 Å². The van der Waals surface area contributed by atoms with E-state index in [0.29, 0.717) is 17.0 Å². The molecule has 1 heterocycles. The molecule has 0 aliphatic heterocycles. The van der Waals surface area contributed by atoms with Crippen LogP contribution in [0.5, 0.6) is 5.75 Å². The Morgan fingerprint density at radius 1 is 0.962 bits per heavy atom. The Hall–Kier alpha value is -4.03. The van der Waals surface area contributed by atoms with Gasteiger partial charge in [0.15, 0.2) is 0 Å². The third-order valence-corrected chi connectivity index (χ3v) is 4.03. The summed E-state index contributed by atoms with van der Waals surface area (Å²) in [4.78, 5) is 13.0. The molecule has 0 aliphatic carbocycles. The molecule has 0 amide bonds. The van der Waals surface area contributed by atoms with Gasteiger partial charge in [-0.2, -0.15) is 10.5 Å². The summed E-state index contributed by atoms with van der Waals surface area (Å²) in [5.74, 6) is 0.600. The SMILES string of the molecule is COc1ccc(-n2c(N)c(C#N)c(-c3ccccc3)c(C#N)c2=O)cc1. The molecule has 3 rings (SSSR count). The fourth-order valence-electron chi connectivity index (χ4n) is 2.79. The molecule has 6 heteroatoms. The molecule has 6 nitrogen and oxygen atoms in total. The van der Waals surface area contributed by atoms with E-state index in [1.807, 2.05) is 18.2 Å². The van der Waals surface area contributed by atoms with Crippen LogP contribution in [0.15, 0.2) is 59.4 Å². The minimum Gasteiger partial charge on any atom is -0.497 e. The first kappa shape index (κ1) is 16.8. The summed E-state index contributed by atoms with van der Waals surface area (Å²) in [5, 5.41) is 19.2. The van der Waals surface area contributed by atoms with E-state index < -0.39 is 5.56 Å². The van der Waals surface area contributed by atoms with E-state index in [0.717, 1.165) is 0 Å². The first-order chi connectivity index (χ1) is 12.6. The molecular weight excluding hydrogens is 328 g/mol. The van der Waals surface area contributed by atoms with Crippen LogP contribution >= 0.6 is 0 Å². The molecule has 0 spiro atoms. The molecule has 3 aromatic rings. The second-order valence-electron chi connectivity index (χ2n) is 5.44. The third-order valence-electron chi connectivity index (χ3n) is 4.03. The van der Waals surface area contributed by atoms with Crippen LogP contribution in [0.2, 0.25) is 0 Å². The van der Waals surface area contributed by atoms with E-state index in [1.54, 1.807) is 48.5 Å². The Bertz CT molecular complexity index is 1100. The minimum absolute atomic E-state index is 0.0134. The lowest BCUT2D eigenvalue weighted by atomic mass is 9.96. The molecule has 26 heavy (non-hydrogen) atoms. The van der Waals surface area contributed by atoms with Crippen molar-refractivity contribution >= 4 is 5.82 Å². The Labute approximate surface area is 149 Å². The van der Waals surface area contributed by atoms with Gasteiger partial charge in [0.2, 0.25) is 0 Å². The van der Waals surface area contributed by atoms with E-state index in [-0.39, 0.29) is 22.5 Å². The molecule has 126 valence electrons. The molecule has 0 bridgehead atoms. The zero-order valence-electron chi connectivity index (χ0n) is 13.9. The van der Waals surface area contributed by atoms with E-state index in [9.17, 15) is 15.3 Å². The molecule has 0 aliphatic rings. The topological polar surface area (TPSA) is 105 Å². The zero-order chi connectivity index (χ0) is 18.7. The first-order valence-electron chi connectivity index (χ1n) is 7.71. The summed E-state index contributed by atoms with van der Waals surface area (Å²) >= 11 is 0. The highest BCUT2D eigenvalue weighted by Crippen LogP contribution is 2.30. The highest BCUT2D eigenvalue weighted by Gasteiger charge is 2.22. The monoisotopic (exact) mass is 342 g/mol. The van der Waals surface area contributed by atoms with Crippen molar-refractivity contribution < 1.29 is 4.74 Å². The number of nitrogen functional groups attached to an aromatic ring is 1. The Morgan fingerprint density at radius 2 is 1.58 bits per heavy atom. The van der Waals surface area contributed by atoms with Crippen molar-refractivity contribution in [2.75, 3.05) is 12.8 Å². The lowest BCUT2D eigenvalue weighted by Gasteiger charge is -2.16. The number of hydrogen-bond acceptors (Lipinski definition) is 5. The van der Waals surface area contributed by atoms with Crippen molar-refractivity contribution in [1.82, 2.24) is 4.57 Å². The average molecular weight is 342 g/mol. The van der Waals surface area contributed by atoms with Crippen molar-refractivity contribution in [3.05, 3.63) is 76.1 Å². The fraction of sp³-hybridized carbons (Fsp3) is 0.0500. The number of hydrogen-bond donors (Lipinski definition) is 1. The molecule has 0 saturated carbocycles. The van der Waals surface area contributed by atoms with Crippen molar-refractivity contribution in [2.45, 2.75) is 0 Å². The predicted octanol–water partition coefficient (Wildman–Crippen LogP) is 2.84. The van der Waals surface area contributed by atoms with Gasteiger partial charge in [-0.15, -0.1) is 0 Å². The smallest absolute Gasteiger partial charge is 0.275 e. The van der Waals surface area contributed by atoms with Crippen LogP contribution < -0.4 is 16.0 Å². The summed E-state index contributed by atoms with van der Waals surface area (Å²) in [5.41, 5.74) is 6.83. The van der Waals surface area contributed by atoms with Gasteiger partial charge in [-0.25, -0.2) is 0 Å². The first-order valence-corrected chi connectivity index (χ1v) is 7.71. The van der Waals surface area contributed by atoms with Crippen LogP contribution in [0, 0.1) is 22.7 Å². The maximum absolute atomic E-state index is 13.0. The van der Waals surface area contributed by atoms with Gasteiger partial charge >= 0.3 is 0 Å². The Balaban J connectivity index is 2.38. The molecule has 2 aromatic carbocycles. The number of anilines is 1. The van der Waals surface area contributed by atoms with Gasteiger partial charge in [0.05, 0.1) is 12.8 Å². The maximum Gasteiger partial charge on any atom is 0.275 e. The number of nitrogens with two attached hydrogens (primary N) is 1. The second kappa shape index (κ2) is 6.84. The van der Waals surface area contributed by atoms with E-state index in [1.165, 1.54) is 11.7 Å². The molecule has 1 aromatic heterocycles. The molecular formula is C20H14N4O2. The molecule has 2 N–H and O–H groups in total. The molecule has 0 fully saturated rings. The van der Waals surface area contributed by atoms with Gasteiger partial charge in [0.1, 0.15) is 34.8 Å². The van der Waals surface area contributed by atoms with Crippen molar-refractivity contribution in [3.63, 3.8) is 0 Å². The lowest BCUT2D eigenvalue weighted by Crippen LogP contribution is -2.26. The van der Waals surface area contributed by atoms with Crippen LogP contribution in [0.4, 0.5) is 5.82 Å². The van der Waals surface area contributed by atoms with Crippen LogP contribution in [0.25, 0.3) is 16.8 Å². The molecule has 0 atom stereocenters. The second-order valence-corrected chi connectivity index (χ2v) is 5.44. The molecule has 0 radical (unpaired) electrons. The van der Waals surface area contributed by atoms with Crippen molar-refractivity contribution in [3.8, 4) is 34.7 Å². The quantitative estimate of drug-likeness (QED) is 0.788. The standard InChI is InChI=1S/C20H14N4O2/c1-26-15-9-7-14(8-10-15)24-19(23)16(11-21)18(17(12-22)20(24)25)13-5-3-2-4-6-13/h2-10H,23H2,1H3. The number of aromatic nitrogens is 1. The van der Waals surface area contributed by atoms with Gasteiger partial charge < -0.3 is 10.5 Å². The summed E-state index contributed by atoms with van der Waals surface area (Å²) in [6.45, 7) is 0. The number of benzene rings is 2. The summed E-state index contributed by atoms with van der Waals surface area (Å²) in [6.07, 6.45) is 0. The number of rotatable bonds is 3. The maximum atomic E-state index is 13.0. The van der Waals surface area contributed by atoms with Gasteiger partial charge in [-0.1, -0.05) is 30.3 Å². The number of methoxy groups -OCH3 is 1. The predicted molar refractivity (Wildman–Crippen MR) is 97.9 cm³/mol. The fourth-order valence-corrected chi connectivity index (χ4v) is 2.79. The highest BCUT2D eigenvalue weighted by molar-refractivity contribution is 5.81. The number of pyridine rings is 1. The van der Waals surface area contributed by atoms with Gasteiger partial charge in [0.25, 0.3) is 5.56 Å². The molecule has 0 unspecified atom stereocenters. The van der Waals surface area contributed by atoms with Crippen molar-refractivity contribution in [1.29, 1.82) is 10.5 Å². The Kier molecular flexibility index (Phi) is 4.42. The van der Waals surface area contributed by atoms with Crippen molar-refractivity contribution in [2.24, 2.45) is 0 Å². The number of ether oxygens (including phenoxy) is 1. The van der Waals surface area contributed by atoms with Gasteiger partial charge in [-0.3, -0.25) is 9.36 Å². The minimum atomic E-state index is -0.576. The van der Waals surface area contributed by atoms with Crippen LogP contribution in [0.1, 0.15) is 11.1 Å². The largest absolute Gasteiger partial charge is 0.497 e. The summed E-state index contributed by atoms with van der Waals surface area (Å²) in [6, 6.07) is 19.4. The van der Waals surface area contributed by atoms with Crippen LogP contribution in [-0.2, 0) is 0 Å².